The molecule has 18 heavy (non-hydrogen) atoms. The fourth-order valence-electron chi connectivity index (χ4n) is 2.23. The molecule has 1 aliphatic heterocycles. The van der Waals surface area contributed by atoms with E-state index >= 15 is 0 Å². The van der Waals surface area contributed by atoms with Crippen LogP contribution in [0.15, 0.2) is 0 Å². The average molecular weight is 253 g/mol. The molecule has 5 nitrogen and oxygen atoms in total. The van der Waals surface area contributed by atoms with E-state index in [4.69, 9.17) is 10.00 Å². The van der Waals surface area contributed by atoms with Gasteiger partial charge in [-0.1, -0.05) is 0 Å². The number of hydrogen-bond acceptors (Lipinski definition) is 4. The number of rotatable bonds is 1. The molecule has 1 rings (SSSR count). The molecule has 1 aliphatic rings. The summed E-state index contributed by atoms with van der Waals surface area (Å²) in [5.74, 6) is 0. The number of ether oxygens (including phenoxy) is 1. The van der Waals surface area contributed by atoms with E-state index in [0.29, 0.717) is 19.6 Å². The van der Waals surface area contributed by atoms with E-state index < -0.39 is 5.60 Å². The highest BCUT2D eigenvalue weighted by Gasteiger charge is 2.33. The van der Waals surface area contributed by atoms with E-state index in [1.54, 1.807) is 4.90 Å². The Balaban J connectivity index is 2.63. The first-order valence-corrected chi connectivity index (χ1v) is 6.35. The van der Waals surface area contributed by atoms with Crippen molar-refractivity contribution >= 4 is 6.09 Å². The number of nitrogens with zero attached hydrogens (tertiary/aromatic N) is 3. The number of nitriles is 1. The maximum absolute atomic E-state index is 12.0. The molecule has 0 spiro atoms. The van der Waals surface area contributed by atoms with Crippen molar-refractivity contribution in [3.63, 3.8) is 0 Å². The molecule has 0 unspecified atom stereocenters. The maximum atomic E-state index is 12.0. The average Bonchev–Trinajstić information content (AvgIpc) is 2.20. The van der Waals surface area contributed by atoms with Gasteiger partial charge in [-0.25, -0.2) is 4.79 Å². The number of amides is 1. The summed E-state index contributed by atoms with van der Waals surface area (Å²) in [5, 5.41) is 8.79. The maximum Gasteiger partial charge on any atom is 0.410 e. The van der Waals surface area contributed by atoms with E-state index in [0.717, 1.165) is 0 Å². The first kappa shape index (κ1) is 14.8. The quantitative estimate of drug-likeness (QED) is 0.669. The molecule has 0 aromatic rings. The van der Waals surface area contributed by atoms with Crippen molar-refractivity contribution in [2.75, 3.05) is 19.6 Å². The Kier molecular flexibility index (Phi) is 4.58. The van der Waals surface area contributed by atoms with Gasteiger partial charge in [-0.3, -0.25) is 4.90 Å². The van der Waals surface area contributed by atoms with Gasteiger partial charge in [-0.2, -0.15) is 5.26 Å². The van der Waals surface area contributed by atoms with E-state index in [2.05, 4.69) is 11.0 Å². The first-order chi connectivity index (χ1) is 8.24. The zero-order chi connectivity index (χ0) is 13.9. The third-order valence-electron chi connectivity index (χ3n) is 3.01. The monoisotopic (exact) mass is 253 g/mol. The Labute approximate surface area is 109 Å². The highest BCUT2D eigenvalue weighted by molar-refractivity contribution is 5.68. The van der Waals surface area contributed by atoms with Crippen molar-refractivity contribution in [1.29, 1.82) is 5.26 Å². The highest BCUT2D eigenvalue weighted by atomic mass is 16.6. The second-order valence-corrected chi connectivity index (χ2v) is 5.91. The largest absolute Gasteiger partial charge is 0.444 e. The molecule has 0 aliphatic carbocycles. The lowest BCUT2D eigenvalue weighted by atomic mass is 10.1. The summed E-state index contributed by atoms with van der Waals surface area (Å²) >= 11 is 0. The molecule has 0 N–H and O–H groups in total. The van der Waals surface area contributed by atoms with Gasteiger partial charge in [-0.05, 0) is 34.6 Å². The fraction of sp³-hybridized carbons (Fsp3) is 0.846. The van der Waals surface area contributed by atoms with Crippen LogP contribution in [0, 0.1) is 11.3 Å². The molecule has 0 bridgehead atoms. The third-order valence-corrected chi connectivity index (χ3v) is 3.01. The highest BCUT2D eigenvalue weighted by Crippen LogP contribution is 2.18. The predicted octanol–water partition coefficient (Wildman–Crippen LogP) is 1.84. The SMILES string of the molecule is C[C@H]1CN(C(=O)OC(C)(C)C)C[C@H](C)N1CC#N. The summed E-state index contributed by atoms with van der Waals surface area (Å²) in [6.45, 7) is 11.3. The minimum Gasteiger partial charge on any atom is -0.444 e. The summed E-state index contributed by atoms with van der Waals surface area (Å²) in [7, 11) is 0. The standard InChI is InChI=1S/C13H23N3O2/c1-10-8-15(12(17)18-13(3,4)5)9-11(2)16(10)7-6-14/h10-11H,7-9H2,1-5H3/t10-,11-/m0/s1. The number of hydrogen-bond donors (Lipinski definition) is 0. The predicted molar refractivity (Wildman–Crippen MR) is 69.1 cm³/mol. The summed E-state index contributed by atoms with van der Waals surface area (Å²) in [4.78, 5) is 15.8. The zero-order valence-corrected chi connectivity index (χ0v) is 11.9. The van der Waals surface area contributed by atoms with Gasteiger partial charge in [-0.15, -0.1) is 0 Å². The molecule has 0 radical (unpaired) electrons. The Hall–Kier alpha value is -1.28. The molecule has 102 valence electrons. The van der Waals surface area contributed by atoms with E-state index in [9.17, 15) is 4.79 Å². The van der Waals surface area contributed by atoms with Gasteiger partial charge in [0.1, 0.15) is 5.60 Å². The van der Waals surface area contributed by atoms with Crippen LogP contribution in [0.2, 0.25) is 0 Å². The van der Waals surface area contributed by atoms with Crippen molar-refractivity contribution in [2.24, 2.45) is 0 Å². The van der Waals surface area contributed by atoms with Crippen LogP contribution < -0.4 is 0 Å². The van der Waals surface area contributed by atoms with Gasteiger partial charge in [0.05, 0.1) is 12.6 Å². The van der Waals surface area contributed by atoms with Gasteiger partial charge in [0.2, 0.25) is 0 Å². The molecule has 0 aromatic heterocycles. The van der Waals surface area contributed by atoms with Crippen LogP contribution in [-0.2, 0) is 4.74 Å². The number of piperazine rings is 1. The lowest BCUT2D eigenvalue weighted by Crippen LogP contribution is -2.58. The minimum atomic E-state index is -0.465. The third kappa shape index (κ3) is 3.88. The van der Waals surface area contributed by atoms with Crippen LogP contribution in [0.3, 0.4) is 0 Å². The molecule has 2 atom stereocenters. The van der Waals surface area contributed by atoms with Gasteiger partial charge in [0.25, 0.3) is 0 Å². The summed E-state index contributed by atoms with van der Waals surface area (Å²) in [6.07, 6.45) is -0.266. The Morgan fingerprint density at radius 1 is 1.33 bits per heavy atom. The van der Waals surface area contributed by atoms with Crippen molar-refractivity contribution in [2.45, 2.75) is 52.3 Å². The van der Waals surface area contributed by atoms with E-state index in [1.807, 2.05) is 34.6 Å². The lowest BCUT2D eigenvalue weighted by molar-refractivity contribution is -0.00432. The summed E-state index contributed by atoms with van der Waals surface area (Å²) in [6, 6.07) is 2.53. The Morgan fingerprint density at radius 3 is 2.22 bits per heavy atom. The second kappa shape index (κ2) is 5.57. The van der Waals surface area contributed by atoms with Gasteiger partial charge < -0.3 is 9.64 Å². The topological polar surface area (TPSA) is 56.6 Å². The summed E-state index contributed by atoms with van der Waals surface area (Å²) in [5.41, 5.74) is -0.465. The fourth-order valence-corrected chi connectivity index (χ4v) is 2.23. The molecule has 0 aromatic carbocycles. The van der Waals surface area contributed by atoms with Crippen LogP contribution in [0.1, 0.15) is 34.6 Å². The van der Waals surface area contributed by atoms with Crippen molar-refractivity contribution < 1.29 is 9.53 Å². The molecule has 0 saturated carbocycles. The van der Waals surface area contributed by atoms with Crippen molar-refractivity contribution in [3.8, 4) is 6.07 Å². The molecule has 1 saturated heterocycles. The second-order valence-electron chi connectivity index (χ2n) is 5.91. The molecular weight excluding hydrogens is 230 g/mol. The smallest absolute Gasteiger partial charge is 0.410 e. The van der Waals surface area contributed by atoms with Crippen LogP contribution in [0.4, 0.5) is 4.79 Å². The van der Waals surface area contributed by atoms with E-state index in [-0.39, 0.29) is 18.2 Å². The van der Waals surface area contributed by atoms with Gasteiger partial charge in [0, 0.05) is 25.2 Å². The number of carbonyl (C=O) groups is 1. The normalized spacial score (nSPS) is 25.7. The minimum absolute atomic E-state index is 0.181. The Bertz CT molecular complexity index is 331. The van der Waals surface area contributed by atoms with Crippen LogP contribution in [-0.4, -0.2) is 53.2 Å². The van der Waals surface area contributed by atoms with Gasteiger partial charge in [0.15, 0.2) is 0 Å². The van der Waals surface area contributed by atoms with Gasteiger partial charge >= 0.3 is 6.09 Å². The molecule has 1 fully saturated rings. The number of carbonyl (C=O) groups excluding carboxylic acids is 1. The van der Waals surface area contributed by atoms with Crippen molar-refractivity contribution in [1.82, 2.24) is 9.80 Å². The zero-order valence-electron chi connectivity index (χ0n) is 11.9. The summed E-state index contributed by atoms with van der Waals surface area (Å²) < 4.78 is 5.37. The molecule has 1 amide bonds. The van der Waals surface area contributed by atoms with Crippen LogP contribution in [0.25, 0.3) is 0 Å². The molecular formula is C13H23N3O2. The molecule has 5 heteroatoms. The Morgan fingerprint density at radius 2 is 1.83 bits per heavy atom. The van der Waals surface area contributed by atoms with Crippen LogP contribution in [0.5, 0.6) is 0 Å². The van der Waals surface area contributed by atoms with E-state index in [1.165, 1.54) is 0 Å². The lowest BCUT2D eigenvalue weighted by Gasteiger charge is -2.43. The molecule has 1 heterocycles. The van der Waals surface area contributed by atoms with Crippen LogP contribution >= 0.6 is 0 Å². The first-order valence-electron chi connectivity index (χ1n) is 6.35. The van der Waals surface area contributed by atoms with Crippen molar-refractivity contribution in [3.05, 3.63) is 0 Å².